The van der Waals surface area contributed by atoms with Gasteiger partial charge in [0.15, 0.2) is 11.6 Å². The van der Waals surface area contributed by atoms with E-state index in [0.717, 1.165) is 0 Å². The van der Waals surface area contributed by atoms with Crippen molar-refractivity contribution in [2.24, 2.45) is 11.1 Å². The third-order valence-electron chi connectivity index (χ3n) is 3.15. The lowest BCUT2D eigenvalue weighted by molar-refractivity contribution is 0.133. The molecule has 0 radical (unpaired) electrons. The molecule has 0 saturated heterocycles. The zero-order valence-corrected chi connectivity index (χ0v) is 11.4. The van der Waals surface area contributed by atoms with E-state index in [9.17, 15) is 9.50 Å². The first kappa shape index (κ1) is 14.9. The Kier molecular flexibility index (Phi) is 4.71. The Hall–Kier alpha value is -1.13. The van der Waals surface area contributed by atoms with Crippen LogP contribution in [0.15, 0.2) is 18.2 Å². The topological polar surface area (TPSA) is 55.5 Å². The highest BCUT2D eigenvalue weighted by atomic mass is 19.1. The molecule has 1 aromatic rings. The lowest BCUT2D eigenvalue weighted by atomic mass is 9.83. The summed E-state index contributed by atoms with van der Waals surface area (Å²) in [7, 11) is 1.41. The van der Waals surface area contributed by atoms with Gasteiger partial charge in [0, 0.05) is 6.04 Å². The maximum absolute atomic E-state index is 13.5. The second-order valence-electron chi connectivity index (χ2n) is 5.62. The number of rotatable bonds is 4. The number of benzene rings is 1. The van der Waals surface area contributed by atoms with Crippen molar-refractivity contribution in [2.75, 3.05) is 7.11 Å². The van der Waals surface area contributed by atoms with Gasteiger partial charge in [-0.25, -0.2) is 4.39 Å². The van der Waals surface area contributed by atoms with Gasteiger partial charge in [-0.1, -0.05) is 26.8 Å². The van der Waals surface area contributed by atoms with Crippen molar-refractivity contribution in [1.82, 2.24) is 0 Å². The van der Waals surface area contributed by atoms with E-state index in [-0.39, 0.29) is 17.2 Å². The minimum absolute atomic E-state index is 0.0913. The van der Waals surface area contributed by atoms with Crippen LogP contribution >= 0.6 is 0 Å². The monoisotopic (exact) mass is 255 g/mol. The second-order valence-corrected chi connectivity index (χ2v) is 5.62. The number of aliphatic hydroxyl groups excluding tert-OH is 1. The molecule has 1 rings (SSSR count). The molecule has 0 heterocycles. The zero-order valence-electron chi connectivity index (χ0n) is 11.4. The summed E-state index contributed by atoms with van der Waals surface area (Å²) in [4.78, 5) is 0. The first-order valence-corrected chi connectivity index (χ1v) is 6.02. The molecule has 0 amide bonds. The molecule has 3 N–H and O–H groups in total. The van der Waals surface area contributed by atoms with Crippen molar-refractivity contribution < 1.29 is 14.2 Å². The Morgan fingerprint density at radius 1 is 1.39 bits per heavy atom. The van der Waals surface area contributed by atoms with Crippen LogP contribution in [0, 0.1) is 11.2 Å². The second kappa shape index (κ2) is 5.67. The van der Waals surface area contributed by atoms with Gasteiger partial charge < -0.3 is 15.6 Å². The number of aliphatic hydroxyl groups is 1. The van der Waals surface area contributed by atoms with Crippen molar-refractivity contribution in [2.45, 2.75) is 39.3 Å². The molecule has 1 aromatic carbocycles. The predicted molar refractivity (Wildman–Crippen MR) is 70.0 cm³/mol. The summed E-state index contributed by atoms with van der Waals surface area (Å²) in [6, 6.07) is 4.30. The molecule has 0 aliphatic heterocycles. The Morgan fingerprint density at radius 2 is 2.00 bits per heavy atom. The largest absolute Gasteiger partial charge is 0.494 e. The average molecular weight is 255 g/mol. The van der Waals surface area contributed by atoms with Crippen LogP contribution in [-0.4, -0.2) is 18.3 Å². The fourth-order valence-electron chi connectivity index (χ4n) is 1.62. The van der Waals surface area contributed by atoms with Gasteiger partial charge in [-0.15, -0.1) is 0 Å². The van der Waals surface area contributed by atoms with E-state index in [0.29, 0.717) is 12.0 Å². The number of nitrogens with two attached hydrogens (primary N) is 1. The van der Waals surface area contributed by atoms with Gasteiger partial charge in [0.25, 0.3) is 0 Å². The van der Waals surface area contributed by atoms with Crippen LogP contribution in [0.1, 0.15) is 38.9 Å². The van der Waals surface area contributed by atoms with Crippen LogP contribution in [0.2, 0.25) is 0 Å². The van der Waals surface area contributed by atoms with Crippen molar-refractivity contribution in [3.8, 4) is 5.75 Å². The van der Waals surface area contributed by atoms with Crippen LogP contribution in [0.5, 0.6) is 5.75 Å². The van der Waals surface area contributed by atoms with E-state index in [2.05, 4.69) is 0 Å². The third-order valence-corrected chi connectivity index (χ3v) is 3.15. The van der Waals surface area contributed by atoms with E-state index >= 15 is 0 Å². The molecule has 4 heteroatoms. The highest BCUT2D eigenvalue weighted by Crippen LogP contribution is 2.28. The summed E-state index contributed by atoms with van der Waals surface area (Å²) in [5.74, 6) is -0.301. The molecule has 3 nitrogen and oxygen atoms in total. The van der Waals surface area contributed by atoms with Crippen LogP contribution in [0.25, 0.3) is 0 Å². The summed E-state index contributed by atoms with van der Waals surface area (Å²) in [6.45, 7) is 6.04. The maximum atomic E-state index is 13.5. The molecule has 0 aliphatic rings. The third kappa shape index (κ3) is 3.68. The van der Waals surface area contributed by atoms with Crippen molar-refractivity contribution in [1.29, 1.82) is 0 Å². The summed E-state index contributed by atoms with van der Waals surface area (Å²) >= 11 is 0. The SMILES string of the molecule is COc1ccc([C@H](O)C[C@@H](N)C(C)(C)C)cc1F. The van der Waals surface area contributed by atoms with Gasteiger partial charge in [-0.05, 0) is 29.5 Å². The smallest absolute Gasteiger partial charge is 0.165 e. The summed E-state index contributed by atoms with van der Waals surface area (Å²) in [5.41, 5.74) is 6.43. The highest BCUT2D eigenvalue weighted by molar-refractivity contribution is 5.30. The number of methoxy groups -OCH3 is 1. The van der Waals surface area contributed by atoms with E-state index in [4.69, 9.17) is 10.5 Å². The molecule has 0 spiro atoms. The van der Waals surface area contributed by atoms with Crippen LogP contribution < -0.4 is 10.5 Å². The summed E-state index contributed by atoms with van der Waals surface area (Å²) in [5, 5.41) is 10.1. The first-order chi connectivity index (χ1) is 8.25. The van der Waals surface area contributed by atoms with Crippen LogP contribution in [0.4, 0.5) is 4.39 Å². The van der Waals surface area contributed by atoms with Crippen LogP contribution in [0.3, 0.4) is 0 Å². The molecule has 0 aromatic heterocycles. The lowest BCUT2D eigenvalue weighted by Gasteiger charge is -2.29. The van der Waals surface area contributed by atoms with Gasteiger partial charge in [-0.3, -0.25) is 0 Å². The molecule has 0 aliphatic carbocycles. The Labute approximate surface area is 108 Å². The minimum atomic E-state index is -0.764. The Morgan fingerprint density at radius 3 is 2.44 bits per heavy atom. The summed E-state index contributed by atoms with van der Waals surface area (Å²) < 4.78 is 18.3. The number of halogens is 1. The van der Waals surface area contributed by atoms with Gasteiger partial charge in [-0.2, -0.15) is 0 Å². The standard InChI is InChI=1S/C14H22FNO2/c1-14(2,3)13(16)8-11(17)9-5-6-12(18-4)10(15)7-9/h5-7,11,13,17H,8,16H2,1-4H3/t11-,13-/m1/s1. The molecule has 0 bridgehead atoms. The Balaban J connectivity index is 2.79. The van der Waals surface area contributed by atoms with Gasteiger partial charge in [0.05, 0.1) is 13.2 Å². The van der Waals surface area contributed by atoms with E-state index in [1.807, 2.05) is 20.8 Å². The number of ether oxygens (including phenoxy) is 1. The summed E-state index contributed by atoms with van der Waals surface area (Å²) in [6.07, 6.45) is -0.366. The molecule has 0 fully saturated rings. The van der Waals surface area contributed by atoms with Crippen LogP contribution in [-0.2, 0) is 0 Å². The van der Waals surface area contributed by atoms with E-state index in [1.54, 1.807) is 6.07 Å². The Bertz CT molecular complexity index is 401. The first-order valence-electron chi connectivity index (χ1n) is 6.02. The number of hydrogen-bond acceptors (Lipinski definition) is 3. The normalized spacial score (nSPS) is 15.3. The van der Waals surface area contributed by atoms with Gasteiger partial charge >= 0.3 is 0 Å². The van der Waals surface area contributed by atoms with Crippen molar-refractivity contribution >= 4 is 0 Å². The van der Waals surface area contributed by atoms with Crippen molar-refractivity contribution in [3.05, 3.63) is 29.6 Å². The van der Waals surface area contributed by atoms with Gasteiger partial charge in [0.2, 0.25) is 0 Å². The molecule has 0 saturated carbocycles. The zero-order chi connectivity index (χ0) is 13.9. The van der Waals surface area contributed by atoms with Crippen molar-refractivity contribution in [3.63, 3.8) is 0 Å². The predicted octanol–water partition coefficient (Wildman–Crippen LogP) is 2.63. The maximum Gasteiger partial charge on any atom is 0.165 e. The number of hydrogen-bond donors (Lipinski definition) is 2. The average Bonchev–Trinajstić information content (AvgIpc) is 2.27. The fraction of sp³-hybridized carbons (Fsp3) is 0.571. The van der Waals surface area contributed by atoms with E-state index in [1.165, 1.54) is 19.2 Å². The highest BCUT2D eigenvalue weighted by Gasteiger charge is 2.24. The molecule has 0 unspecified atom stereocenters. The molecule has 2 atom stereocenters. The molecule has 18 heavy (non-hydrogen) atoms. The molecule has 102 valence electrons. The fourth-order valence-corrected chi connectivity index (χ4v) is 1.62. The molecular weight excluding hydrogens is 233 g/mol. The molecular formula is C14H22FNO2. The van der Waals surface area contributed by atoms with E-state index < -0.39 is 11.9 Å². The van der Waals surface area contributed by atoms with Gasteiger partial charge in [0.1, 0.15) is 0 Å². The lowest BCUT2D eigenvalue weighted by Crippen LogP contribution is -2.36. The minimum Gasteiger partial charge on any atom is -0.494 e. The quantitative estimate of drug-likeness (QED) is 0.869.